The first-order valence-electron chi connectivity index (χ1n) is 2.13. The molecule has 1 aliphatic heterocycles. The van der Waals surface area contributed by atoms with E-state index in [-0.39, 0.29) is 6.61 Å². The summed E-state index contributed by atoms with van der Waals surface area (Å²) >= 11 is -2.13. The van der Waals surface area contributed by atoms with Crippen molar-refractivity contribution in [2.75, 3.05) is 6.61 Å². The van der Waals surface area contributed by atoms with Crippen LogP contribution in [0.15, 0.2) is 0 Å². The molecule has 1 heterocycles. The molecule has 0 amide bonds. The van der Waals surface area contributed by atoms with E-state index < -0.39 is 22.7 Å². The molecule has 0 aromatic heterocycles. The first kappa shape index (κ1) is 6.50. The Morgan fingerprint density at radius 1 is 1.78 bits per heavy atom. The van der Waals surface area contributed by atoms with E-state index in [1.54, 1.807) is 0 Å². The van der Waals surface area contributed by atoms with Gasteiger partial charge in [0, 0.05) is 0 Å². The third-order valence-corrected chi connectivity index (χ3v) is 1.47. The zero-order chi connectivity index (χ0) is 6.85. The Kier molecular flexibility index (Phi) is 1.68. The van der Waals surface area contributed by atoms with Crippen molar-refractivity contribution in [1.29, 1.82) is 0 Å². The first-order chi connectivity index (χ1) is 4.20. The molecule has 52 valence electrons. The van der Waals surface area contributed by atoms with Gasteiger partial charge in [0.15, 0.2) is 11.1 Å². The Labute approximate surface area is 53.2 Å². The maximum Gasteiger partial charge on any atom is 0.509 e. The number of cyclic esters (lactones) is 2. The van der Waals surface area contributed by atoms with Gasteiger partial charge in [-0.25, -0.2) is 9.00 Å². The van der Waals surface area contributed by atoms with Gasteiger partial charge >= 0.3 is 6.16 Å². The SMILES string of the molecule is O=C1OCC(S(=O)O)O1. The molecule has 0 aromatic rings. The Morgan fingerprint density at radius 2 is 2.44 bits per heavy atom. The molecule has 1 fully saturated rings. The average molecular weight is 152 g/mol. The molecule has 0 spiro atoms. The van der Waals surface area contributed by atoms with Crippen LogP contribution in [0.2, 0.25) is 0 Å². The highest BCUT2D eigenvalue weighted by atomic mass is 32.2. The summed E-state index contributed by atoms with van der Waals surface area (Å²) in [5.41, 5.74) is -1.00. The summed E-state index contributed by atoms with van der Waals surface area (Å²) in [5, 5.41) is 0. The summed E-state index contributed by atoms with van der Waals surface area (Å²) in [6.07, 6.45) is -0.887. The van der Waals surface area contributed by atoms with Gasteiger partial charge in [0.05, 0.1) is 0 Å². The highest BCUT2D eigenvalue weighted by molar-refractivity contribution is 7.79. The fraction of sp³-hybridized carbons (Fsp3) is 0.667. The van der Waals surface area contributed by atoms with Crippen LogP contribution in [0, 0.1) is 0 Å². The highest BCUT2D eigenvalue weighted by Gasteiger charge is 2.29. The van der Waals surface area contributed by atoms with Crippen LogP contribution in [-0.4, -0.2) is 27.0 Å². The van der Waals surface area contributed by atoms with Crippen molar-refractivity contribution in [3.8, 4) is 0 Å². The zero-order valence-corrected chi connectivity index (χ0v) is 5.09. The van der Waals surface area contributed by atoms with Crippen molar-refractivity contribution in [3.05, 3.63) is 0 Å². The number of carbonyl (C=O) groups is 1. The van der Waals surface area contributed by atoms with Crippen molar-refractivity contribution in [2.24, 2.45) is 0 Å². The molecule has 1 saturated heterocycles. The molecule has 1 N–H and O–H groups in total. The van der Waals surface area contributed by atoms with Crippen LogP contribution in [0.25, 0.3) is 0 Å². The fourth-order valence-electron chi connectivity index (χ4n) is 0.411. The highest BCUT2D eigenvalue weighted by Crippen LogP contribution is 2.07. The first-order valence-corrected chi connectivity index (χ1v) is 3.30. The third kappa shape index (κ3) is 1.39. The van der Waals surface area contributed by atoms with E-state index in [0.717, 1.165) is 0 Å². The average Bonchev–Trinajstić information content (AvgIpc) is 2.14. The van der Waals surface area contributed by atoms with Crippen LogP contribution in [-0.2, 0) is 20.6 Å². The maximum absolute atomic E-state index is 10.1. The van der Waals surface area contributed by atoms with Gasteiger partial charge in [0.25, 0.3) is 0 Å². The molecule has 0 radical (unpaired) electrons. The van der Waals surface area contributed by atoms with E-state index in [1.807, 2.05) is 0 Å². The molecule has 6 heteroatoms. The number of rotatable bonds is 1. The van der Waals surface area contributed by atoms with Crippen LogP contribution >= 0.6 is 0 Å². The van der Waals surface area contributed by atoms with E-state index in [2.05, 4.69) is 9.47 Å². The summed E-state index contributed by atoms with van der Waals surface area (Å²) in [4.78, 5) is 10.1. The predicted octanol–water partition coefficient (Wildman–Crippen LogP) is -0.299. The normalized spacial score (nSPS) is 29.0. The Bertz CT molecular complexity index is 154. The Morgan fingerprint density at radius 3 is 2.67 bits per heavy atom. The van der Waals surface area contributed by atoms with Gasteiger partial charge in [-0.3, -0.25) is 0 Å². The lowest BCUT2D eigenvalue weighted by atomic mass is 10.8. The van der Waals surface area contributed by atoms with Crippen LogP contribution < -0.4 is 0 Å². The van der Waals surface area contributed by atoms with Gasteiger partial charge in [-0.1, -0.05) is 0 Å². The molecule has 0 aromatic carbocycles. The van der Waals surface area contributed by atoms with Crippen molar-refractivity contribution in [2.45, 2.75) is 5.44 Å². The van der Waals surface area contributed by atoms with E-state index in [1.165, 1.54) is 0 Å². The third-order valence-electron chi connectivity index (χ3n) is 0.790. The van der Waals surface area contributed by atoms with Gasteiger partial charge in [-0.2, -0.15) is 0 Å². The fourth-order valence-corrected chi connectivity index (χ4v) is 0.756. The van der Waals surface area contributed by atoms with Crippen molar-refractivity contribution >= 4 is 17.2 Å². The van der Waals surface area contributed by atoms with Crippen LogP contribution in [0.5, 0.6) is 0 Å². The maximum atomic E-state index is 10.1. The molecule has 0 saturated carbocycles. The molecule has 0 bridgehead atoms. The predicted molar refractivity (Wildman–Crippen MR) is 27.0 cm³/mol. The minimum Gasteiger partial charge on any atom is -0.429 e. The topological polar surface area (TPSA) is 72.8 Å². The monoisotopic (exact) mass is 152 g/mol. The second-order valence-corrected chi connectivity index (χ2v) is 2.46. The lowest BCUT2D eigenvalue weighted by Crippen LogP contribution is -2.15. The number of carbonyl (C=O) groups excluding carboxylic acids is 1. The Balaban J connectivity index is 2.48. The lowest BCUT2D eigenvalue weighted by Gasteiger charge is -1.96. The largest absolute Gasteiger partial charge is 0.509 e. The molecule has 2 atom stereocenters. The number of hydrogen-bond donors (Lipinski definition) is 1. The summed E-state index contributed by atoms with van der Waals surface area (Å²) in [6.45, 7) is -0.137. The van der Waals surface area contributed by atoms with Gasteiger partial charge in [0.2, 0.25) is 5.44 Å². The van der Waals surface area contributed by atoms with Crippen LogP contribution in [0.1, 0.15) is 0 Å². The zero-order valence-electron chi connectivity index (χ0n) is 4.27. The summed E-state index contributed by atoms with van der Waals surface area (Å²) in [7, 11) is 0. The second kappa shape index (κ2) is 2.32. The lowest BCUT2D eigenvalue weighted by molar-refractivity contribution is 0.128. The van der Waals surface area contributed by atoms with Gasteiger partial charge in [0.1, 0.15) is 6.61 Å². The minimum atomic E-state index is -2.13. The van der Waals surface area contributed by atoms with Gasteiger partial charge < -0.3 is 14.0 Å². The minimum absolute atomic E-state index is 0.137. The standard InChI is InChI=1S/C3H4O5S/c4-3-7-1-2(8-3)9(5)6/h2H,1H2,(H,5,6). The van der Waals surface area contributed by atoms with E-state index in [0.29, 0.717) is 0 Å². The summed E-state index contributed by atoms with van der Waals surface area (Å²) < 4.78 is 26.8. The van der Waals surface area contributed by atoms with E-state index in [4.69, 9.17) is 4.55 Å². The Hall–Kier alpha value is -0.620. The molecule has 5 nitrogen and oxygen atoms in total. The van der Waals surface area contributed by atoms with Crippen LogP contribution in [0.3, 0.4) is 0 Å². The van der Waals surface area contributed by atoms with Gasteiger partial charge in [-0.05, 0) is 0 Å². The molecule has 0 aliphatic carbocycles. The summed E-state index contributed by atoms with van der Waals surface area (Å²) in [5.74, 6) is 0. The van der Waals surface area contributed by atoms with E-state index in [9.17, 15) is 9.00 Å². The van der Waals surface area contributed by atoms with Crippen molar-refractivity contribution < 1.29 is 23.0 Å². The molecular formula is C3H4O5S. The quantitative estimate of drug-likeness (QED) is 0.412. The molecule has 1 aliphatic rings. The summed E-state index contributed by atoms with van der Waals surface area (Å²) in [6, 6.07) is 0. The van der Waals surface area contributed by atoms with Crippen LogP contribution in [0.4, 0.5) is 4.79 Å². The van der Waals surface area contributed by atoms with E-state index >= 15 is 0 Å². The molecule has 9 heavy (non-hydrogen) atoms. The van der Waals surface area contributed by atoms with Crippen molar-refractivity contribution in [1.82, 2.24) is 0 Å². The number of hydrogen-bond acceptors (Lipinski definition) is 4. The smallest absolute Gasteiger partial charge is 0.429 e. The molecule has 2 unspecified atom stereocenters. The second-order valence-electron chi connectivity index (χ2n) is 1.38. The molecule has 1 rings (SSSR count). The van der Waals surface area contributed by atoms with Gasteiger partial charge in [-0.15, -0.1) is 0 Å². The molecular weight excluding hydrogens is 148 g/mol. The number of ether oxygens (including phenoxy) is 2. The van der Waals surface area contributed by atoms with Crippen molar-refractivity contribution in [3.63, 3.8) is 0 Å².